The van der Waals surface area contributed by atoms with Crippen molar-refractivity contribution in [3.63, 3.8) is 0 Å². The molecule has 1 aliphatic rings. The molecule has 1 fully saturated rings. The van der Waals surface area contributed by atoms with Crippen LogP contribution in [0.1, 0.15) is 23.2 Å². The Kier molecular flexibility index (Phi) is 5.12. The number of furan rings is 1. The lowest BCUT2D eigenvalue weighted by atomic mass is 10.1. The number of piperidine rings is 1. The monoisotopic (exact) mass is 386 g/mol. The highest BCUT2D eigenvalue weighted by Crippen LogP contribution is 2.23. The van der Waals surface area contributed by atoms with Gasteiger partial charge in [-0.1, -0.05) is 11.6 Å². The van der Waals surface area contributed by atoms with Crippen LogP contribution in [-0.2, 0) is 10.0 Å². The minimum atomic E-state index is -3.86. The second-order valence-electron chi connectivity index (χ2n) is 5.77. The fourth-order valence-electron chi connectivity index (χ4n) is 2.75. The standard InChI is InChI=1S/C16H16ClFN2O4S/c17-14-9-12(18)1-2-15(14)25(22,23)19-13-3-6-20(7-4-13)16(21)11-5-8-24-10-11/h1-2,5,8-10,13,19H,3-4,6-7H2. The van der Waals surface area contributed by atoms with E-state index in [-0.39, 0.29) is 21.9 Å². The Bertz CT molecular complexity index is 862. The third-order valence-electron chi connectivity index (χ3n) is 4.06. The summed E-state index contributed by atoms with van der Waals surface area (Å²) >= 11 is 5.83. The van der Waals surface area contributed by atoms with Crippen LogP contribution in [0.2, 0.25) is 5.02 Å². The Morgan fingerprint density at radius 2 is 2.00 bits per heavy atom. The molecule has 134 valence electrons. The van der Waals surface area contributed by atoms with Crippen LogP contribution in [0.5, 0.6) is 0 Å². The van der Waals surface area contributed by atoms with Crippen LogP contribution in [0.15, 0.2) is 46.1 Å². The van der Waals surface area contributed by atoms with E-state index in [0.717, 1.165) is 18.2 Å². The molecule has 2 heterocycles. The number of carbonyl (C=O) groups is 1. The molecule has 0 saturated carbocycles. The van der Waals surface area contributed by atoms with Crippen LogP contribution in [0.3, 0.4) is 0 Å². The maximum atomic E-state index is 13.1. The van der Waals surface area contributed by atoms with Gasteiger partial charge in [0.2, 0.25) is 10.0 Å². The summed E-state index contributed by atoms with van der Waals surface area (Å²) in [5.74, 6) is -0.744. The lowest BCUT2D eigenvalue weighted by Crippen LogP contribution is -2.46. The molecule has 0 radical (unpaired) electrons. The van der Waals surface area contributed by atoms with Gasteiger partial charge in [0.05, 0.1) is 16.8 Å². The number of benzene rings is 1. The first kappa shape index (κ1) is 17.9. The Morgan fingerprint density at radius 1 is 1.28 bits per heavy atom. The predicted molar refractivity (Wildman–Crippen MR) is 89.4 cm³/mol. The number of nitrogens with zero attached hydrogens (tertiary/aromatic N) is 1. The average Bonchev–Trinajstić information content (AvgIpc) is 3.08. The second-order valence-corrected chi connectivity index (χ2v) is 7.86. The summed E-state index contributed by atoms with van der Waals surface area (Å²) in [7, 11) is -3.86. The van der Waals surface area contributed by atoms with Gasteiger partial charge in [0.1, 0.15) is 17.0 Å². The SMILES string of the molecule is O=C(c1ccoc1)N1CCC(NS(=O)(=O)c2ccc(F)cc2Cl)CC1. The molecule has 1 aromatic carbocycles. The molecular formula is C16H16ClFN2O4S. The van der Waals surface area contributed by atoms with Crippen molar-refractivity contribution in [2.45, 2.75) is 23.8 Å². The summed E-state index contributed by atoms with van der Waals surface area (Å²) in [6.07, 6.45) is 3.76. The lowest BCUT2D eigenvalue weighted by molar-refractivity contribution is 0.0710. The Balaban J connectivity index is 1.62. The van der Waals surface area contributed by atoms with Gasteiger partial charge in [0, 0.05) is 19.1 Å². The van der Waals surface area contributed by atoms with Crippen LogP contribution in [-0.4, -0.2) is 38.4 Å². The average molecular weight is 387 g/mol. The number of carbonyl (C=O) groups excluding carboxylic acids is 1. The summed E-state index contributed by atoms with van der Waals surface area (Å²) in [5.41, 5.74) is 0.470. The van der Waals surface area contributed by atoms with E-state index in [0.29, 0.717) is 31.5 Å². The maximum Gasteiger partial charge on any atom is 0.257 e. The first-order chi connectivity index (χ1) is 11.9. The van der Waals surface area contributed by atoms with E-state index in [1.54, 1.807) is 11.0 Å². The molecule has 0 unspecified atom stereocenters. The number of hydrogen-bond donors (Lipinski definition) is 1. The van der Waals surface area contributed by atoms with E-state index >= 15 is 0 Å². The van der Waals surface area contributed by atoms with Crippen LogP contribution in [0.4, 0.5) is 4.39 Å². The fourth-order valence-corrected chi connectivity index (χ4v) is 4.58. The van der Waals surface area contributed by atoms with Crippen LogP contribution in [0.25, 0.3) is 0 Å². The molecule has 0 atom stereocenters. The molecule has 0 spiro atoms. The molecular weight excluding hydrogens is 371 g/mol. The van der Waals surface area contributed by atoms with E-state index < -0.39 is 15.8 Å². The molecule has 1 amide bonds. The Labute approximate surface area is 149 Å². The lowest BCUT2D eigenvalue weighted by Gasteiger charge is -2.32. The Morgan fingerprint density at radius 3 is 2.60 bits per heavy atom. The normalized spacial score (nSPS) is 16.2. The Hall–Kier alpha value is -1.90. The van der Waals surface area contributed by atoms with Gasteiger partial charge in [0.25, 0.3) is 5.91 Å². The van der Waals surface area contributed by atoms with Crippen LogP contribution < -0.4 is 4.72 Å². The molecule has 9 heteroatoms. The number of rotatable bonds is 4. The zero-order valence-corrected chi connectivity index (χ0v) is 14.7. The third-order valence-corrected chi connectivity index (χ3v) is 6.06. The first-order valence-corrected chi connectivity index (χ1v) is 9.52. The number of hydrogen-bond acceptors (Lipinski definition) is 4. The minimum absolute atomic E-state index is 0.142. The second kappa shape index (κ2) is 7.15. The number of amides is 1. The maximum absolute atomic E-state index is 13.1. The molecule has 6 nitrogen and oxygen atoms in total. The van der Waals surface area contributed by atoms with Crippen molar-refractivity contribution < 1.29 is 22.0 Å². The van der Waals surface area contributed by atoms with Crippen molar-refractivity contribution in [3.05, 3.63) is 53.2 Å². The minimum Gasteiger partial charge on any atom is -0.472 e. The highest BCUT2D eigenvalue weighted by molar-refractivity contribution is 7.89. The molecule has 1 aromatic heterocycles. The van der Waals surface area contributed by atoms with Gasteiger partial charge < -0.3 is 9.32 Å². The molecule has 1 N–H and O–H groups in total. The topological polar surface area (TPSA) is 79.6 Å². The van der Waals surface area contributed by atoms with Crippen molar-refractivity contribution in [3.8, 4) is 0 Å². The van der Waals surface area contributed by atoms with Gasteiger partial charge in [-0.25, -0.2) is 17.5 Å². The first-order valence-electron chi connectivity index (χ1n) is 7.66. The van der Waals surface area contributed by atoms with Gasteiger partial charge >= 0.3 is 0 Å². The highest BCUT2D eigenvalue weighted by Gasteiger charge is 2.28. The quantitative estimate of drug-likeness (QED) is 0.876. The van der Waals surface area contributed by atoms with E-state index in [4.69, 9.17) is 16.0 Å². The predicted octanol–water partition coefficient (Wildman–Crippen LogP) is 2.66. The molecule has 1 saturated heterocycles. The molecule has 1 aliphatic heterocycles. The molecule has 2 aromatic rings. The highest BCUT2D eigenvalue weighted by atomic mass is 35.5. The van der Waals surface area contributed by atoms with Crippen molar-refractivity contribution in [2.75, 3.05) is 13.1 Å². The van der Waals surface area contributed by atoms with Crippen LogP contribution in [0, 0.1) is 5.82 Å². The van der Waals surface area contributed by atoms with Crippen molar-refractivity contribution in [2.24, 2.45) is 0 Å². The summed E-state index contributed by atoms with van der Waals surface area (Å²) < 4.78 is 45.4. The van der Waals surface area contributed by atoms with Crippen molar-refractivity contribution in [1.29, 1.82) is 0 Å². The largest absolute Gasteiger partial charge is 0.472 e. The van der Waals surface area contributed by atoms with E-state index in [1.165, 1.54) is 12.5 Å². The van der Waals surface area contributed by atoms with Crippen LogP contribution >= 0.6 is 11.6 Å². The molecule has 3 rings (SSSR count). The summed E-state index contributed by atoms with van der Waals surface area (Å²) in [6, 6.07) is 4.42. The van der Waals surface area contributed by atoms with Gasteiger partial charge in [-0.2, -0.15) is 0 Å². The summed E-state index contributed by atoms with van der Waals surface area (Å²) in [6.45, 7) is 0.850. The smallest absolute Gasteiger partial charge is 0.257 e. The van der Waals surface area contributed by atoms with Crippen molar-refractivity contribution >= 4 is 27.5 Å². The number of likely N-dealkylation sites (tertiary alicyclic amines) is 1. The van der Waals surface area contributed by atoms with Gasteiger partial charge in [-0.05, 0) is 37.1 Å². The number of sulfonamides is 1. The van der Waals surface area contributed by atoms with Crippen molar-refractivity contribution in [1.82, 2.24) is 9.62 Å². The summed E-state index contributed by atoms with van der Waals surface area (Å²) in [4.78, 5) is 13.7. The molecule has 25 heavy (non-hydrogen) atoms. The van der Waals surface area contributed by atoms with Gasteiger partial charge in [-0.15, -0.1) is 0 Å². The van der Waals surface area contributed by atoms with E-state index in [1.807, 2.05) is 0 Å². The fraction of sp³-hybridized carbons (Fsp3) is 0.312. The number of halogens is 2. The zero-order valence-electron chi connectivity index (χ0n) is 13.1. The van der Waals surface area contributed by atoms with Gasteiger partial charge in [-0.3, -0.25) is 4.79 Å². The van der Waals surface area contributed by atoms with Gasteiger partial charge in [0.15, 0.2) is 0 Å². The summed E-state index contributed by atoms with van der Waals surface area (Å²) in [5, 5.41) is -0.167. The van der Waals surface area contributed by atoms with E-state index in [2.05, 4.69) is 4.72 Å². The number of nitrogens with one attached hydrogen (secondary N) is 1. The molecule has 0 aliphatic carbocycles. The zero-order chi connectivity index (χ0) is 18.0. The van der Waals surface area contributed by atoms with E-state index in [9.17, 15) is 17.6 Å². The molecule has 0 bridgehead atoms. The third kappa shape index (κ3) is 4.02.